The third kappa shape index (κ3) is 7.01. The molecular formula is C23H27ClN4O5. The summed E-state index contributed by atoms with van der Waals surface area (Å²) in [5, 5.41) is 19.2. The Hall–Kier alpha value is -3.46. The summed E-state index contributed by atoms with van der Waals surface area (Å²) in [7, 11) is 0. The van der Waals surface area contributed by atoms with Gasteiger partial charge >= 0.3 is 0 Å². The summed E-state index contributed by atoms with van der Waals surface area (Å²) >= 11 is 6.08. The molecule has 0 atom stereocenters. The van der Waals surface area contributed by atoms with Gasteiger partial charge in [0.1, 0.15) is 0 Å². The molecule has 0 fully saturated rings. The normalized spacial score (nSPS) is 11.5. The van der Waals surface area contributed by atoms with Crippen molar-refractivity contribution in [3.63, 3.8) is 0 Å². The number of hydrogen-bond donors (Lipinski definition) is 3. The molecule has 3 N–H and O–H groups in total. The number of nitro groups is 1. The predicted octanol–water partition coefficient (Wildman–Crippen LogP) is 5.47. The lowest BCUT2D eigenvalue weighted by Crippen LogP contribution is -2.29. The van der Waals surface area contributed by atoms with Crippen LogP contribution in [0.3, 0.4) is 0 Å². The highest BCUT2D eigenvalue weighted by Crippen LogP contribution is 2.29. The number of halogens is 1. The van der Waals surface area contributed by atoms with Crippen molar-refractivity contribution in [2.45, 2.75) is 41.5 Å². The van der Waals surface area contributed by atoms with Gasteiger partial charge in [-0.2, -0.15) is 0 Å². The molecule has 0 heterocycles. The van der Waals surface area contributed by atoms with Crippen LogP contribution in [0, 0.1) is 20.9 Å². The molecule has 0 aliphatic carbocycles. The van der Waals surface area contributed by atoms with Gasteiger partial charge in [-0.3, -0.25) is 24.5 Å². The second-order valence-corrected chi connectivity index (χ2v) is 9.99. The van der Waals surface area contributed by atoms with Gasteiger partial charge in [-0.25, -0.2) is 0 Å². The van der Waals surface area contributed by atoms with Gasteiger partial charge in [0.25, 0.3) is 11.6 Å². The first-order chi connectivity index (χ1) is 15.1. The van der Waals surface area contributed by atoms with Gasteiger partial charge in [0.05, 0.1) is 15.6 Å². The van der Waals surface area contributed by atoms with Crippen molar-refractivity contribution < 1.29 is 19.3 Å². The van der Waals surface area contributed by atoms with Crippen molar-refractivity contribution in [1.82, 2.24) is 0 Å². The van der Waals surface area contributed by atoms with Gasteiger partial charge in [0.2, 0.25) is 11.8 Å². The number of non-ortho nitro benzene ring substituents is 1. The molecule has 0 saturated heterocycles. The molecule has 0 aliphatic heterocycles. The predicted molar refractivity (Wildman–Crippen MR) is 129 cm³/mol. The summed E-state index contributed by atoms with van der Waals surface area (Å²) in [6.45, 7) is 10.4. The first-order valence-electron chi connectivity index (χ1n) is 10.1. The van der Waals surface area contributed by atoms with Crippen LogP contribution in [0.1, 0.15) is 51.9 Å². The van der Waals surface area contributed by atoms with Gasteiger partial charge < -0.3 is 16.0 Å². The summed E-state index contributed by atoms with van der Waals surface area (Å²) < 4.78 is 0. The third-order valence-electron chi connectivity index (χ3n) is 4.48. The van der Waals surface area contributed by atoms with Crippen LogP contribution in [0.5, 0.6) is 0 Å². The number of hydrogen-bond acceptors (Lipinski definition) is 5. The van der Waals surface area contributed by atoms with Crippen molar-refractivity contribution in [2.75, 3.05) is 16.0 Å². The quantitative estimate of drug-likeness (QED) is 0.390. The van der Waals surface area contributed by atoms with E-state index in [9.17, 15) is 24.5 Å². The Kier molecular flexibility index (Phi) is 7.49. The molecule has 176 valence electrons. The molecule has 0 spiro atoms. The number of benzene rings is 2. The van der Waals surface area contributed by atoms with E-state index in [2.05, 4.69) is 16.0 Å². The number of nitrogens with one attached hydrogen (secondary N) is 3. The molecule has 33 heavy (non-hydrogen) atoms. The minimum Gasteiger partial charge on any atom is -0.326 e. The van der Waals surface area contributed by atoms with E-state index in [1.165, 1.54) is 24.3 Å². The zero-order valence-corrected chi connectivity index (χ0v) is 20.1. The fourth-order valence-corrected chi connectivity index (χ4v) is 2.62. The van der Waals surface area contributed by atoms with Crippen LogP contribution in [0.15, 0.2) is 36.4 Å². The van der Waals surface area contributed by atoms with Crippen LogP contribution in [-0.4, -0.2) is 22.6 Å². The summed E-state index contributed by atoms with van der Waals surface area (Å²) in [5.41, 5.74) is -0.852. The minimum atomic E-state index is -0.691. The van der Waals surface area contributed by atoms with Gasteiger partial charge in [-0.15, -0.1) is 0 Å². The number of nitro benzene ring substituents is 1. The van der Waals surface area contributed by atoms with Gasteiger partial charge in [0, 0.05) is 39.9 Å². The highest BCUT2D eigenvalue weighted by molar-refractivity contribution is 6.34. The van der Waals surface area contributed by atoms with E-state index in [1.54, 1.807) is 47.6 Å². The second-order valence-electron chi connectivity index (χ2n) is 9.58. The number of carbonyl (C=O) groups is 3. The first-order valence-corrected chi connectivity index (χ1v) is 10.5. The maximum absolute atomic E-state index is 13.0. The Bertz CT molecular complexity index is 1070. The molecule has 0 saturated carbocycles. The Morgan fingerprint density at radius 3 is 1.73 bits per heavy atom. The standard InChI is InChI=1S/C23H27ClN4O5/c1-22(2,3)20(30)25-14-9-13(10-15(11-14)26-21(31)23(4,5)6)19(29)27-18-12-16(28(32)33)7-8-17(18)24/h7-12H,1-6H3,(H,25,30)(H,26,31)(H,27,29). The number of rotatable bonds is 5. The summed E-state index contributed by atoms with van der Waals surface area (Å²) in [4.78, 5) is 48.3. The second kappa shape index (κ2) is 9.58. The van der Waals surface area contributed by atoms with Crippen molar-refractivity contribution >= 4 is 52.1 Å². The minimum absolute atomic E-state index is 0.0558. The van der Waals surface area contributed by atoms with E-state index < -0.39 is 21.7 Å². The van der Waals surface area contributed by atoms with Gasteiger partial charge in [-0.1, -0.05) is 53.1 Å². The Balaban J connectivity index is 2.44. The number of anilines is 3. The molecule has 3 amide bonds. The lowest BCUT2D eigenvalue weighted by atomic mass is 9.95. The maximum Gasteiger partial charge on any atom is 0.271 e. The molecule has 0 bridgehead atoms. The number of nitrogens with zero attached hydrogens (tertiary/aromatic N) is 1. The van der Waals surface area contributed by atoms with Gasteiger partial charge in [-0.05, 0) is 24.3 Å². The third-order valence-corrected chi connectivity index (χ3v) is 4.81. The molecule has 9 nitrogen and oxygen atoms in total. The molecule has 2 aromatic rings. The SMILES string of the molecule is CC(C)(C)C(=O)Nc1cc(NC(=O)C(C)(C)C)cc(C(=O)Nc2cc([N+](=O)[O-])ccc2Cl)c1. The van der Waals surface area contributed by atoms with E-state index >= 15 is 0 Å². The fourth-order valence-electron chi connectivity index (χ4n) is 2.46. The van der Waals surface area contributed by atoms with Crippen LogP contribution < -0.4 is 16.0 Å². The van der Waals surface area contributed by atoms with Crippen LogP contribution in [0.25, 0.3) is 0 Å². The molecule has 0 aromatic heterocycles. The first kappa shape index (κ1) is 25.8. The zero-order valence-electron chi connectivity index (χ0n) is 19.3. The Morgan fingerprint density at radius 2 is 1.30 bits per heavy atom. The van der Waals surface area contributed by atoms with Crippen molar-refractivity contribution in [1.29, 1.82) is 0 Å². The Morgan fingerprint density at radius 1 is 0.818 bits per heavy atom. The number of carbonyl (C=O) groups excluding carboxylic acids is 3. The van der Waals surface area contributed by atoms with Crippen LogP contribution in [0.4, 0.5) is 22.7 Å². The fraction of sp³-hybridized carbons (Fsp3) is 0.348. The average Bonchev–Trinajstić information content (AvgIpc) is 2.67. The lowest BCUT2D eigenvalue weighted by Gasteiger charge is -2.20. The molecule has 0 unspecified atom stereocenters. The molecule has 2 rings (SSSR count). The zero-order chi connectivity index (χ0) is 25.1. The van der Waals surface area contributed by atoms with Crippen molar-refractivity contribution in [2.24, 2.45) is 10.8 Å². The highest BCUT2D eigenvalue weighted by Gasteiger charge is 2.24. The van der Waals surface area contributed by atoms with E-state index in [4.69, 9.17) is 11.6 Å². The largest absolute Gasteiger partial charge is 0.326 e. The Labute approximate surface area is 197 Å². The van der Waals surface area contributed by atoms with Crippen molar-refractivity contribution in [3.05, 3.63) is 57.1 Å². The van der Waals surface area contributed by atoms with E-state index in [1.807, 2.05) is 0 Å². The van der Waals surface area contributed by atoms with Crippen LogP contribution in [-0.2, 0) is 9.59 Å². The van der Waals surface area contributed by atoms with E-state index in [0.717, 1.165) is 6.07 Å². The van der Waals surface area contributed by atoms with Gasteiger partial charge in [0.15, 0.2) is 0 Å². The number of amides is 3. The molecular weight excluding hydrogens is 448 g/mol. The smallest absolute Gasteiger partial charge is 0.271 e. The molecule has 0 radical (unpaired) electrons. The average molecular weight is 475 g/mol. The highest BCUT2D eigenvalue weighted by atomic mass is 35.5. The van der Waals surface area contributed by atoms with Crippen LogP contribution in [0.2, 0.25) is 5.02 Å². The van der Waals surface area contributed by atoms with E-state index in [-0.39, 0.29) is 33.8 Å². The van der Waals surface area contributed by atoms with Crippen LogP contribution >= 0.6 is 11.6 Å². The topological polar surface area (TPSA) is 130 Å². The molecule has 2 aromatic carbocycles. The monoisotopic (exact) mass is 474 g/mol. The lowest BCUT2D eigenvalue weighted by molar-refractivity contribution is -0.384. The summed E-state index contributed by atoms with van der Waals surface area (Å²) in [5.74, 6) is -1.19. The molecule has 10 heteroatoms. The van der Waals surface area contributed by atoms with E-state index in [0.29, 0.717) is 11.4 Å². The summed E-state index contributed by atoms with van der Waals surface area (Å²) in [6.07, 6.45) is 0. The van der Waals surface area contributed by atoms with Crippen molar-refractivity contribution in [3.8, 4) is 0 Å². The summed E-state index contributed by atoms with van der Waals surface area (Å²) in [6, 6.07) is 8.11. The maximum atomic E-state index is 13.0. The molecule has 0 aliphatic rings.